The van der Waals surface area contributed by atoms with Gasteiger partial charge in [0.15, 0.2) is 4.34 Å². The van der Waals surface area contributed by atoms with Gasteiger partial charge in [0, 0.05) is 17.3 Å². The minimum atomic E-state index is -0.843. The first-order valence-electron chi connectivity index (χ1n) is 5.78. The van der Waals surface area contributed by atoms with Crippen LogP contribution < -0.4 is 0 Å². The predicted octanol–water partition coefficient (Wildman–Crippen LogP) is 2.27. The Bertz CT molecular complexity index is 781. The summed E-state index contributed by atoms with van der Waals surface area (Å²) in [5.74, 6) is -0.843. The third kappa shape index (κ3) is 2.52. The van der Waals surface area contributed by atoms with Crippen LogP contribution in [-0.4, -0.2) is 30.7 Å². The van der Waals surface area contributed by atoms with E-state index in [0.29, 0.717) is 0 Å². The number of hydrogen-bond acceptors (Lipinski definition) is 6. The van der Waals surface area contributed by atoms with E-state index in [1.165, 1.54) is 23.1 Å². The Labute approximate surface area is 122 Å². The molecular formula is C12H10N4O2S2. The van der Waals surface area contributed by atoms with Crippen molar-refractivity contribution in [3.05, 3.63) is 35.2 Å². The van der Waals surface area contributed by atoms with E-state index in [4.69, 9.17) is 5.11 Å². The van der Waals surface area contributed by atoms with Gasteiger partial charge >= 0.3 is 5.97 Å². The number of rotatable bonds is 4. The maximum Gasteiger partial charge on any atom is 0.308 e. The van der Waals surface area contributed by atoms with Crippen molar-refractivity contribution in [2.24, 2.45) is 0 Å². The van der Waals surface area contributed by atoms with Gasteiger partial charge in [-0.2, -0.15) is 5.10 Å². The molecule has 0 fully saturated rings. The van der Waals surface area contributed by atoms with Gasteiger partial charge in [-0.25, -0.2) is 14.5 Å². The van der Waals surface area contributed by atoms with Crippen LogP contribution in [0.15, 0.2) is 34.0 Å². The first-order valence-corrected chi connectivity index (χ1v) is 7.41. The van der Waals surface area contributed by atoms with Gasteiger partial charge in [0.25, 0.3) is 0 Å². The highest BCUT2D eigenvalue weighted by Gasteiger charge is 2.13. The maximum absolute atomic E-state index is 10.8. The standard InChI is InChI=1S/C12H10N4O2S2/c1-7-9(6-10(17)18)19-12(15-7)20-11-8-2-3-14-16(8)5-4-13-11/h2-5H,6H2,1H3,(H,17,18). The SMILES string of the molecule is Cc1nc(Sc2nccn3nccc23)sc1CC(=O)O. The Balaban J connectivity index is 1.91. The van der Waals surface area contributed by atoms with Crippen LogP contribution in [0.2, 0.25) is 0 Å². The summed E-state index contributed by atoms with van der Waals surface area (Å²) >= 11 is 2.82. The summed E-state index contributed by atoms with van der Waals surface area (Å²) in [5.41, 5.74) is 1.67. The molecule has 0 unspecified atom stereocenters. The first kappa shape index (κ1) is 13.1. The molecule has 0 aliphatic rings. The monoisotopic (exact) mass is 306 g/mol. The van der Waals surface area contributed by atoms with Crippen LogP contribution >= 0.6 is 23.1 Å². The van der Waals surface area contributed by atoms with Gasteiger partial charge in [-0.1, -0.05) is 0 Å². The van der Waals surface area contributed by atoms with Crippen LogP contribution in [0.1, 0.15) is 10.6 Å². The molecular weight excluding hydrogens is 296 g/mol. The second kappa shape index (κ2) is 5.22. The molecule has 0 atom stereocenters. The molecule has 0 saturated heterocycles. The van der Waals surface area contributed by atoms with E-state index in [9.17, 15) is 4.79 Å². The topological polar surface area (TPSA) is 80.4 Å². The fourth-order valence-electron chi connectivity index (χ4n) is 1.74. The van der Waals surface area contributed by atoms with Crippen molar-refractivity contribution in [2.75, 3.05) is 0 Å². The van der Waals surface area contributed by atoms with Crippen LogP contribution in [0, 0.1) is 6.92 Å². The zero-order valence-electron chi connectivity index (χ0n) is 10.5. The molecule has 0 bridgehead atoms. The summed E-state index contributed by atoms with van der Waals surface area (Å²) in [5, 5.41) is 13.8. The molecule has 0 aromatic carbocycles. The molecule has 0 amide bonds. The van der Waals surface area contributed by atoms with Crippen LogP contribution in [0.4, 0.5) is 0 Å². The van der Waals surface area contributed by atoms with E-state index in [1.54, 1.807) is 23.1 Å². The quantitative estimate of drug-likeness (QED) is 0.796. The van der Waals surface area contributed by atoms with Gasteiger partial charge in [0.2, 0.25) is 0 Å². The van der Waals surface area contributed by atoms with E-state index >= 15 is 0 Å². The molecule has 0 aliphatic heterocycles. The summed E-state index contributed by atoms with van der Waals surface area (Å²) in [6, 6.07) is 1.88. The number of thiazole rings is 1. The number of fused-ring (bicyclic) bond motifs is 1. The van der Waals surface area contributed by atoms with Gasteiger partial charge < -0.3 is 5.11 Å². The van der Waals surface area contributed by atoms with Crippen molar-refractivity contribution in [2.45, 2.75) is 22.7 Å². The Morgan fingerprint density at radius 1 is 1.50 bits per heavy atom. The molecule has 102 valence electrons. The van der Waals surface area contributed by atoms with Crippen molar-refractivity contribution in [1.82, 2.24) is 19.6 Å². The summed E-state index contributed by atoms with van der Waals surface area (Å²) in [6.07, 6.45) is 5.18. The molecule has 20 heavy (non-hydrogen) atoms. The lowest BCUT2D eigenvalue weighted by molar-refractivity contribution is -0.136. The number of aromatic nitrogens is 4. The van der Waals surface area contributed by atoms with Crippen molar-refractivity contribution >= 4 is 34.6 Å². The fraction of sp³-hybridized carbons (Fsp3) is 0.167. The molecule has 0 radical (unpaired) electrons. The fourth-order valence-corrected chi connectivity index (χ4v) is 3.96. The molecule has 0 aliphatic carbocycles. The number of nitrogens with zero attached hydrogens (tertiary/aromatic N) is 4. The Morgan fingerprint density at radius 3 is 3.15 bits per heavy atom. The molecule has 8 heteroatoms. The van der Waals surface area contributed by atoms with Crippen molar-refractivity contribution in [3.63, 3.8) is 0 Å². The Kier molecular flexibility index (Phi) is 3.41. The molecule has 0 spiro atoms. The van der Waals surface area contributed by atoms with Gasteiger partial charge in [-0.3, -0.25) is 4.79 Å². The molecule has 6 nitrogen and oxygen atoms in total. The summed E-state index contributed by atoms with van der Waals surface area (Å²) in [4.78, 5) is 20.3. The van der Waals surface area contributed by atoms with Gasteiger partial charge in [0.1, 0.15) is 5.03 Å². The highest BCUT2D eigenvalue weighted by atomic mass is 32.2. The van der Waals surface area contributed by atoms with Crippen molar-refractivity contribution in [1.29, 1.82) is 0 Å². The Hall–Kier alpha value is -1.93. The van der Waals surface area contributed by atoms with E-state index in [2.05, 4.69) is 15.1 Å². The van der Waals surface area contributed by atoms with Crippen LogP contribution in [0.25, 0.3) is 5.52 Å². The summed E-state index contributed by atoms with van der Waals surface area (Å²) in [6.45, 7) is 1.83. The molecule has 3 aromatic heterocycles. The minimum Gasteiger partial charge on any atom is -0.481 e. The Morgan fingerprint density at radius 2 is 2.35 bits per heavy atom. The van der Waals surface area contributed by atoms with E-state index < -0.39 is 5.97 Å². The number of carboxylic acid groups (broad SMARTS) is 1. The highest BCUT2D eigenvalue weighted by Crippen LogP contribution is 2.33. The minimum absolute atomic E-state index is 0.00831. The number of carboxylic acids is 1. The largest absolute Gasteiger partial charge is 0.481 e. The number of carbonyl (C=O) groups is 1. The third-order valence-corrected chi connectivity index (χ3v) is 4.88. The lowest BCUT2D eigenvalue weighted by atomic mass is 10.3. The molecule has 3 rings (SSSR count). The smallest absolute Gasteiger partial charge is 0.308 e. The first-order chi connectivity index (χ1) is 9.63. The molecule has 3 aromatic rings. The number of hydrogen-bond donors (Lipinski definition) is 1. The molecule has 3 heterocycles. The number of aliphatic carboxylic acids is 1. The van der Waals surface area contributed by atoms with Gasteiger partial charge in [-0.15, -0.1) is 11.3 Å². The van der Waals surface area contributed by atoms with E-state index in [0.717, 1.165) is 25.5 Å². The second-order valence-corrected chi connectivity index (χ2v) is 6.37. The van der Waals surface area contributed by atoms with Gasteiger partial charge in [-0.05, 0) is 24.8 Å². The summed E-state index contributed by atoms with van der Waals surface area (Å²) < 4.78 is 2.54. The van der Waals surface area contributed by atoms with Crippen LogP contribution in [0.3, 0.4) is 0 Å². The highest BCUT2D eigenvalue weighted by molar-refractivity contribution is 8.01. The molecule has 0 saturated carbocycles. The number of aryl methyl sites for hydroxylation is 1. The van der Waals surface area contributed by atoms with Crippen LogP contribution in [0.5, 0.6) is 0 Å². The lowest BCUT2D eigenvalue weighted by Gasteiger charge is -1.99. The average Bonchev–Trinajstić information content (AvgIpc) is 2.97. The van der Waals surface area contributed by atoms with Crippen molar-refractivity contribution < 1.29 is 9.90 Å². The van der Waals surface area contributed by atoms with Crippen molar-refractivity contribution in [3.8, 4) is 0 Å². The lowest BCUT2D eigenvalue weighted by Crippen LogP contribution is -1.99. The van der Waals surface area contributed by atoms with Gasteiger partial charge in [0.05, 0.1) is 23.8 Å². The second-order valence-electron chi connectivity index (χ2n) is 4.05. The maximum atomic E-state index is 10.8. The molecule has 1 N–H and O–H groups in total. The summed E-state index contributed by atoms with van der Waals surface area (Å²) in [7, 11) is 0. The van der Waals surface area contributed by atoms with E-state index in [1.807, 2.05) is 13.0 Å². The normalized spacial score (nSPS) is 11.1. The third-order valence-electron chi connectivity index (χ3n) is 2.66. The van der Waals surface area contributed by atoms with E-state index in [-0.39, 0.29) is 6.42 Å². The zero-order chi connectivity index (χ0) is 14.1. The predicted molar refractivity (Wildman–Crippen MR) is 75.3 cm³/mol. The van der Waals surface area contributed by atoms with Crippen LogP contribution in [-0.2, 0) is 11.2 Å². The zero-order valence-corrected chi connectivity index (χ0v) is 12.1. The average molecular weight is 306 g/mol.